The fourth-order valence-corrected chi connectivity index (χ4v) is 2.67. The van der Waals surface area contributed by atoms with Crippen molar-refractivity contribution in [3.8, 4) is 22.0 Å². The number of benzene rings is 1. The molecule has 0 radical (unpaired) electrons. The van der Waals surface area contributed by atoms with Gasteiger partial charge in [-0.25, -0.2) is 0 Å². The average Bonchev–Trinajstić information content (AvgIpc) is 3.08. The largest absolute Gasteiger partial charge is 0.348 e. The van der Waals surface area contributed by atoms with Crippen LogP contribution in [0.1, 0.15) is 0 Å². The molecule has 1 aromatic carbocycles. The molecule has 0 saturated carbocycles. The van der Waals surface area contributed by atoms with E-state index in [1.807, 2.05) is 52.5 Å². The van der Waals surface area contributed by atoms with Crippen molar-refractivity contribution < 1.29 is 13.9 Å². The van der Waals surface area contributed by atoms with E-state index in [9.17, 15) is 4.79 Å². The zero-order chi connectivity index (χ0) is 13.1. The van der Waals surface area contributed by atoms with Crippen molar-refractivity contribution in [2.75, 3.05) is 0 Å². The summed E-state index contributed by atoms with van der Waals surface area (Å²) in [5, 5.41) is 6.88. The van der Waals surface area contributed by atoms with Gasteiger partial charge in [0, 0.05) is 11.6 Å². The van der Waals surface area contributed by atoms with Gasteiger partial charge in [0.15, 0.2) is 12.5 Å². The Balaban J connectivity index is 1.97. The van der Waals surface area contributed by atoms with E-state index in [1.165, 1.54) is 11.3 Å². The van der Waals surface area contributed by atoms with Crippen molar-refractivity contribution in [2.45, 2.75) is 6.54 Å². The average molecular weight is 271 g/mol. The Morgan fingerprint density at radius 3 is 2.95 bits per heavy atom. The number of hydrogen-bond acceptors (Lipinski definition) is 4. The zero-order valence-electron chi connectivity index (χ0n) is 10.0. The fourth-order valence-electron chi connectivity index (χ4n) is 1.85. The Hall–Kier alpha value is -2.27. The monoisotopic (exact) mass is 271 g/mol. The number of thiazole rings is 1. The maximum absolute atomic E-state index is 10.6. The van der Waals surface area contributed by atoms with E-state index >= 15 is 0 Å². The van der Waals surface area contributed by atoms with E-state index in [0.29, 0.717) is 12.3 Å². The number of nitrogens with zero attached hydrogens (tertiary/aromatic N) is 2. The lowest BCUT2D eigenvalue weighted by atomic mass is 10.1. The van der Waals surface area contributed by atoms with Gasteiger partial charge in [-0.2, -0.15) is 4.57 Å². The van der Waals surface area contributed by atoms with E-state index in [1.54, 1.807) is 0 Å². The molecule has 0 saturated heterocycles. The number of rotatable bonds is 4. The Morgan fingerprint density at radius 2 is 2.16 bits per heavy atom. The Morgan fingerprint density at radius 1 is 1.32 bits per heavy atom. The van der Waals surface area contributed by atoms with Gasteiger partial charge in [0.05, 0.1) is 5.38 Å². The first kappa shape index (κ1) is 11.8. The predicted octanol–water partition coefficient (Wildman–Crippen LogP) is 2.56. The third-order valence-corrected chi connectivity index (χ3v) is 3.66. The van der Waals surface area contributed by atoms with Crippen LogP contribution in [0.5, 0.6) is 0 Å². The molecule has 0 aliphatic rings. The van der Waals surface area contributed by atoms with Gasteiger partial charge in [0.25, 0.3) is 0 Å². The lowest BCUT2D eigenvalue weighted by Crippen LogP contribution is -2.33. The van der Waals surface area contributed by atoms with Crippen LogP contribution in [-0.4, -0.2) is 11.4 Å². The third-order valence-electron chi connectivity index (χ3n) is 2.74. The number of carbonyl (C=O) groups excluding carboxylic acids is 1. The van der Waals surface area contributed by atoms with E-state index in [-0.39, 0.29) is 0 Å². The second-order valence-electron chi connectivity index (χ2n) is 3.97. The van der Waals surface area contributed by atoms with Gasteiger partial charge in [0.1, 0.15) is 5.69 Å². The summed E-state index contributed by atoms with van der Waals surface area (Å²) < 4.78 is 7.21. The van der Waals surface area contributed by atoms with E-state index in [2.05, 4.69) is 5.16 Å². The topological polar surface area (TPSA) is 47.0 Å². The highest BCUT2D eigenvalue weighted by molar-refractivity contribution is 7.12. The quantitative estimate of drug-likeness (QED) is 0.541. The molecular formula is C14H11N2O2S+. The number of carbonyl (C=O) groups is 1. The molecule has 0 N–H and O–H groups in total. The van der Waals surface area contributed by atoms with Crippen LogP contribution in [0.2, 0.25) is 0 Å². The second kappa shape index (κ2) is 5.16. The van der Waals surface area contributed by atoms with Gasteiger partial charge in [-0.15, -0.1) is 0 Å². The summed E-state index contributed by atoms with van der Waals surface area (Å²) >= 11 is 1.52. The smallest absolute Gasteiger partial charge is 0.308 e. The number of aldehydes is 1. The van der Waals surface area contributed by atoms with Gasteiger partial charge in [0.2, 0.25) is 12.3 Å². The Bertz CT molecular complexity index is 688. The molecular weight excluding hydrogens is 260 g/mol. The van der Waals surface area contributed by atoms with Crippen molar-refractivity contribution in [2.24, 2.45) is 0 Å². The molecule has 0 spiro atoms. The van der Waals surface area contributed by atoms with E-state index in [4.69, 9.17) is 4.52 Å². The van der Waals surface area contributed by atoms with Gasteiger partial charge < -0.3 is 4.52 Å². The Kier molecular flexibility index (Phi) is 3.20. The summed E-state index contributed by atoms with van der Waals surface area (Å²) in [7, 11) is 0. The van der Waals surface area contributed by atoms with Crippen LogP contribution in [0.15, 0.2) is 52.5 Å². The standard InChI is InChI=1S/C14H11N2O2S/c17-8-6-16-7-9-19-14(16)13-10-12(15-18-13)11-4-2-1-3-5-11/h1-5,7-10H,6H2/q+1. The van der Waals surface area contributed by atoms with Crippen LogP contribution < -0.4 is 4.57 Å². The summed E-state index contributed by atoms with van der Waals surface area (Å²) in [4.78, 5) is 10.6. The van der Waals surface area contributed by atoms with Gasteiger partial charge >= 0.3 is 5.01 Å². The summed E-state index contributed by atoms with van der Waals surface area (Å²) in [5.41, 5.74) is 1.80. The van der Waals surface area contributed by atoms with Crippen LogP contribution in [0.3, 0.4) is 0 Å². The highest BCUT2D eigenvalue weighted by atomic mass is 32.1. The van der Waals surface area contributed by atoms with Crippen molar-refractivity contribution in [1.29, 1.82) is 0 Å². The van der Waals surface area contributed by atoms with Crippen molar-refractivity contribution >= 4 is 17.6 Å². The fraction of sp³-hybridized carbons (Fsp3) is 0.0714. The molecule has 2 heterocycles. The molecule has 0 bridgehead atoms. The van der Waals surface area contributed by atoms with Crippen molar-refractivity contribution in [3.63, 3.8) is 0 Å². The second-order valence-corrected chi connectivity index (χ2v) is 4.86. The minimum absolute atomic E-state index is 0.320. The van der Waals surface area contributed by atoms with Gasteiger partial charge in [-0.05, 0) is 0 Å². The van der Waals surface area contributed by atoms with E-state index in [0.717, 1.165) is 22.6 Å². The molecule has 4 nitrogen and oxygen atoms in total. The SMILES string of the molecule is O=CC[n+]1ccsc1-c1cc(-c2ccccc2)no1. The molecule has 5 heteroatoms. The molecule has 0 aliphatic heterocycles. The summed E-state index contributed by atoms with van der Waals surface area (Å²) in [6, 6.07) is 11.7. The highest BCUT2D eigenvalue weighted by Crippen LogP contribution is 2.26. The number of aromatic nitrogens is 2. The lowest BCUT2D eigenvalue weighted by Gasteiger charge is -1.91. The molecule has 19 heavy (non-hydrogen) atoms. The molecule has 0 aliphatic carbocycles. The lowest BCUT2D eigenvalue weighted by molar-refractivity contribution is -0.668. The Labute approximate surface area is 113 Å². The van der Waals surface area contributed by atoms with Crippen molar-refractivity contribution in [3.05, 3.63) is 48.0 Å². The first-order valence-electron chi connectivity index (χ1n) is 5.81. The molecule has 3 rings (SSSR count). The van der Waals surface area contributed by atoms with E-state index < -0.39 is 0 Å². The molecule has 0 unspecified atom stereocenters. The van der Waals surface area contributed by atoms with Crippen LogP contribution in [-0.2, 0) is 11.3 Å². The molecule has 0 amide bonds. The maximum Gasteiger partial charge on any atom is 0.308 e. The normalized spacial score (nSPS) is 10.5. The summed E-state index contributed by atoms with van der Waals surface area (Å²) in [6.07, 6.45) is 2.73. The third kappa shape index (κ3) is 2.32. The summed E-state index contributed by atoms with van der Waals surface area (Å²) in [6.45, 7) is 0.320. The van der Waals surface area contributed by atoms with Gasteiger partial charge in [-0.1, -0.05) is 46.8 Å². The molecule has 94 valence electrons. The van der Waals surface area contributed by atoms with Crippen LogP contribution in [0.25, 0.3) is 22.0 Å². The summed E-state index contributed by atoms with van der Waals surface area (Å²) in [5.74, 6) is 0.677. The first-order valence-corrected chi connectivity index (χ1v) is 6.69. The molecule has 0 fully saturated rings. The van der Waals surface area contributed by atoms with Gasteiger partial charge in [-0.3, -0.25) is 4.79 Å². The first-order chi connectivity index (χ1) is 9.38. The maximum atomic E-state index is 10.6. The van der Waals surface area contributed by atoms with Crippen molar-refractivity contribution in [1.82, 2.24) is 5.16 Å². The molecule has 0 atom stereocenters. The minimum atomic E-state index is 0.320. The zero-order valence-corrected chi connectivity index (χ0v) is 10.8. The highest BCUT2D eigenvalue weighted by Gasteiger charge is 2.20. The molecule has 3 aromatic rings. The number of hydrogen-bond donors (Lipinski definition) is 0. The molecule has 2 aromatic heterocycles. The van der Waals surface area contributed by atoms with Crippen LogP contribution >= 0.6 is 11.3 Å². The predicted molar refractivity (Wildman–Crippen MR) is 71.5 cm³/mol. The van der Waals surface area contributed by atoms with Crippen LogP contribution in [0.4, 0.5) is 0 Å². The van der Waals surface area contributed by atoms with Crippen LogP contribution in [0, 0.1) is 0 Å². The minimum Gasteiger partial charge on any atom is -0.348 e.